The predicted octanol–water partition coefficient (Wildman–Crippen LogP) is 1.33. The highest BCUT2D eigenvalue weighted by atomic mass is 15.1. The Morgan fingerprint density at radius 1 is 1.38 bits per heavy atom. The molecule has 0 radical (unpaired) electrons. The molecule has 0 aromatic heterocycles. The summed E-state index contributed by atoms with van der Waals surface area (Å²) in [5.74, 6) is 1.07. The minimum Gasteiger partial charge on any atom is -0.316 e. The molecular formula is C11H22N2. The molecule has 2 rings (SSSR count). The Bertz CT molecular complexity index is 161. The highest BCUT2D eigenvalue weighted by molar-refractivity contribution is 4.93. The molecule has 0 bridgehead atoms. The van der Waals surface area contributed by atoms with Crippen molar-refractivity contribution in [3.05, 3.63) is 0 Å². The Kier molecular flexibility index (Phi) is 2.61. The molecule has 13 heavy (non-hydrogen) atoms. The molecular weight excluding hydrogens is 160 g/mol. The molecule has 0 aromatic rings. The van der Waals surface area contributed by atoms with Gasteiger partial charge in [0.1, 0.15) is 0 Å². The van der Waals surface area contributed by atoms with E-state index in [0.717, 1.165) is 5.92 Å². The third-order valence-electron chi connectivity index (χ3n) is 3.40. The molecule has 0 spiro atoms. The standard InChI is InChI=1S/C11H22N2/c1-13(2)9-11(5-6-12-8-11)7-10-3-4-10/h10,12H,3-9H2,1-2H3. The van der Waals surface area contributed by atoms with E-state index in [4.69, 9.17) is 0 Å². The lowest BCUT2D eigenvalue weighted by Crippen LogP contribution is -2.36. The third kappa shape index (κ3) is 2.44. The number of rotatable bonds is 4. The summed E-state index contributed by atoms with van der Waals surface area (Å²) in [4.78, 5) is 2.36. The molecule has 2 nitrogen and oxygen atoms in total. The lowest BCUT2D eigenvalue weighted by molar-refractivity contribution is 0.193. The van der Waals surface area contributed by atoms with E-state index in [1.807, 2.05) is 0 Å². The SMILES string of the molecule is CN(C)CC1(CC2CC2)CCNC1. The summed E-state index contributed by atoms with van der Waals surface area (Å²) in [5, 5.41) is 3.52. The number of nitrogens with one attached hydrogen (secondary N) is 1. The first-order valence-corrected chi connectivity index (χ1v) is 5.56. The van der Waals surface area contributed by atoms with Gasteiger partial charge in [0, 0.05) is 13.1 Å². The van der Waals surface area contributed by atoms with Gasteiger partial charge in [0.15, 0.2) is 0 Å². The van der Waals surface area contributed by atoms with Crippen molar-refractivity contribution in [1.82, 2.24) is 10.2 Å². The van der Waals surface area contributed by atoms with Crippen LogP contribution in [0.2, 0.25) is 0 Å². The first kappa shape index (κ1) is 9.47. The monoisotopic (exact) mass is 182 g/mol. The molecule has 1 heterocycles. The molecule has 1 saturated heterocycles. The smallest absolute Gasteiger partial charge is 0.00446 e. The van der Waals surface area contributed by atoms with Gasteiger partial charge in [0.2, 0.25) is 0 Å². The van der Waals surface area contributed by atoms with Gasteiger partial charge in [-0.3, -0.25) is 0 Å². The van der Waals surface area contributed by atoms with E-state index >= 15 is 0 Å². The molecule has 2 fully saturated rings. The van der Waals surface area contributed by atoms with Crippen LogP contribution in [0, 0.1) is 11.3 Å². The van der Waals surface area contributed by atoms with Crippen molar-refractivity contribution in [3.63, 3.8) is 0 Å². The zero-order valence-electron chi connectivity index (χ0n) is 8.97. The molecule has 2 aliphatic rings. The van der Waals surface area contributed by atoms with E-state index in [-0.39, 0.29) is 0 Å². The van der Waals surface area contributed by atoms with Crippen molar-refractivity contribution in [2.45, 2.75) is 25.7 Å². The Morgan fingerprint density at radius 2 is 2.15 bits per heavy atom. The molecule has 0 aromatic carbocycles. The summed E-state index contributed by atoms with van der Waals surface area (Å²) in [7, 11) is 4.40. The summed E-state index contributed by atoms with van der Waals surface area (Å²) in [6, 6.07) is 0. The Hall–Kier alpha value is -0.0800. The molecule has 1 saturated carbocycles. The van der Waals surface area contributed by atoms with Gasteiger partial charge in [-0.25, -0.2) is 0 Å². The molecule has 2 heteroatoms. The maximum absolute atomic E-state index is 3.52. The van der Waals surface area contributed by atoms with Crippen molar-refractivity contribution in [3.8, 4) is 0 Å². The van der Waals surface area contributed by atoms with Gasteiger partial charge in [-0.15, -0.1) is 0 Å². The van der Waals surface area contributed by atoms with Crippen LogP contribution >= 0.6 is 0 Å². The fourth-order valence-corrected chi connectivity index (χ4v) is 2.77. The Labute approximate surface area is 81.7 Å². The topological polar surface area (TPSA) is 15.3 Å². The molecule has 1 atom stereocenters. The van der Waals surface area contributed by atoms with Crippen molar-refractivity contribution >= 4 is 0 Å². The first-order chi connectivity index (χ1) is 6.20. The first-order valence-electron chi connectivity index (χ1n) is 5.56. The summed E-state index contributed by atoms with van der Waals surface area (Å²) in [6.45, 7) is 3.76. The van der Waals surface area contributed by atoms with E-state index in [2.05, 4.69) is 24.3 Å². The van der Waals surface area contributed by atoms with Crippen molar-refractivity contribution in [2.24, 2.45) is 11.3 Å². The van der Waals surface area contributed by atoms with Crippen molar-refractivity contribution in [2.75, 3.05) is 33.7 Å². The summed E-state index contributed by atoms with van der Waals surface area (Å²) in [6.07, 6.45) is 5.85. The quantitative estimate of drug-likeness (QED) is 0.705. The van der Waals surface area contributed by atoms with E-state index in [1.54, 1.807) is 0 Å². The third-order valence-corrected chi connectivity index (χ3v) is 3.40. The Morgan fingerprint density at radius 3 is 2.62 bits per heavy atom. The van der Waals surface area contributed by atoms with E-state index in [1.165, 1.54) is 45.3 Å². The minimum atomic E-state index is 0.616. The lowest BCUT2D eigenvalue weighted by atomic mass is 9.81. The molecule has 0 amide bonds. The van der Waals surface area contributed by atoms with Crippen LogP contribution in [-0.2, 0) is 0 Å². The maximum atomic E-state index is 3.52. The zero-order chi connectivity index (χ0) is 9.31. The van der Waals surface area contributed by atoms with Crippen molar-refractivity contribution in [1.29, 1.82) is 0 Å². The van der Waals surface area contributed by atoms with Gasteiger partial charge in [0.25, 0.3) is 0 Å². The van der Waals surface area contributed by atoms with E-state index in [0.29, 0.717) is 5.41 Å². The van der Waals surface area contributed by atoms with Crippen LogP contribution in [-0.4, -0.2) is 38.6 Å². The normalized spacial score (nSPS) is 34.4. The maximum Gasteiger partial charge on any atom is 0.00446 e. The van der Waals surface area contributed by atoms with Crippen LogP contribution in [0.15, 0.2) is 0 Å². The molecule has 1 aliphatic carbocycles. The van der Waals surface area contributed by atoms with Gasteiger partial charge in [-0.1, -0.05) is 12.8 Å². The lowest BCUT2D eigenvalue weighted by Gasteiger charge is -2.31. The van der Waals surface area contributed by atoms with Crippen LogP contribution in [0.1, 0.15) is 25.7 Å². The predicted molar refractivity (Wildman–Crippen MR) is 55.8 cm³/mol. The number of hydrogen-bond donors (Lipinski definition) is 1. The zero-order valence-corrected chi connectivity index (χ0v) is 8.97. The van der Waals surface area contributed by atoms with Gasteiger partial charge < -0.3 is 10.2 Å². The van der Waals surface area contributed by atoms with Gasteiger partial charge >= 0.3 is 0 Å². The van der Waals surface area contributed by atoms with E-state index in [9.17, 15) is 0 Å². The second kappa shape index (κ2) is 3.58. The largest absolute Gasteiger partial charge is 0.316 e. The molecule has 1 unspecified atom stereocenters. The fraction of sp³-hybridized carbons (Fsp3) is 1.00. The summed E-state index contributed by atoms with van der Waals surface area (Å²) < 4.78 is 0. The van der Waals surface area contributed by atoms with Crippen LogP contribution < -0.4 is 5.32 Å². The molecule has 76 valence electrons. The minimum absolute atomic E-state index is 0.616. The average molecular weight is 182 g/mol. The molecule has 1 aliphatic heterocycles. The summed E-state index contributed by atoms with van der Waals surface area (Å²) in [5.41, 5.74) is 0.616. The van der Waals surface area contributed by atoms with Crippen LogP contribution in [0.25, 0.3) is 0 Å². The summed E-state index contributed by atoms with van der Waals surface area (Å²) >= 11 is 0. The number of nitrogens with zero attached hydrogens (tertiary/aromatic N) is 1. The van der Waals surface area contributed by atoms with Crippen LogP contribution in [0.4, 0.5) is 0 Å². The van der Waals surface area contributed by atoms with Crippen LogP contribution in [0.3, 0.4) is 0 Å². The second-order valence-corrected chi connectivity index (χ2v) is 5.31. The van der Waals surface area contributed by atoms with Gasteiger partial charge in [-0.2, -0.15) is 0 Å². The van der Waals surface area contributed by atoms with Crippen LogP contribution in [0.5, 0.6) is 0 Å². The molecule has 1 N–H and O–H groups in total. The van der Waals surface area contributed by atoms with Gasteiger partial charge in [-0.05, 0) is 44.8 Å². The van der Waals surface area contributed by atoms with Crippen molar-refractivity contribution < 1.29 is 0 Å². The Balaban J connectivity index is 1.91. The van der Waals surface area contributed by atoms with Gasteiger partial charge in [0.05, 0.1) is 0 Å². The number of hydrogen-bond acceptors (Lipinski definition) is 2. The fourth-order valence-electron chi connectivity index (χ4n) is 2.77. The van der Waals surface area contributed by atoms with E-state index < -0.39 is 0 Å². The highest BCUT2D eigenvalue weighted by Gasteiger charge is 2.39. The second-order valence-electron chi connectivity index (χ2n) is 5.31. The average Bonchev–Trinajstić information content (AvgIpc) is 2.70. The highest BCUT2D eigenvalue weighted by Crippen LogP contribution is 2.43.